The van der Waals surface area contributed by atoms with Gasteiger partial charge in [-0.2, -0.15) is 9.61 Å². The van der Waals surface area contributed by atoms with E-state index < -0.39 is 0 Å². The zero-order valence-electron chi connectivity index (χ0n) is 18.0. The average Bonchev–Trinajstić information content (AvgIpc) is 3.18. The summed E-state index contributed by atoms with van der Waals surface area (Å²) < 4.78 is 1.90. The molecule has 0 saturated carbocycles. The minimum absolute atomic E-state index is 0.209. The van der Waals surface area contributed by atoms with Crippen LogP contribution in [0.5, 0.6) is 0 Å². The number of hydrogen-bond acceptors (Lipinski definition) is 6. The Bertz CT molecular complexity index is 973. The van der Waals surface area contributed by atoms with Crippen LogP contribution < -0.4 is 10.2 Å². The van der Waals surface area contributed by atoms with Crippen molar-refractivity contribution in [3.63, 3.8) is 0 Å². The van der Waals surface area contributed by atoms with E-state index in [1.165, 1.54) is 12.0 Å². The van der Waals surface area contributed by atoms with Crippen LogP contribution in [0.4, 0.5) is 11.6 Å². The van der Waals surface area contributed by atoms with Crippen molar-refractivity contribution in [1.29, 1.82) is 0 Å². The van der Waals surface area contributed by atoms with Crippen LogP contribution >= 0.6 is 0 Å². The van der Waals surface area contributed by atoms with Crippen molar-refractivity contribution < 1.29 is 5.11 Å². The summed E-state index contributed by atoms with van der Waals surface area (Å²) in [7, 11) is 2.00. The molecule has 30 heavy (non-hydrogen) atoms. The molecule has 1 fully saturated rings. The molecule has 1 saturated heterocycles. The van der Waals surface area contributed by atoms with Gasteiger partial charge in [-0.1, -0.05) is 13.5 Å². The standard InChI is InChI=1S/C23H32N6O/c1-4-19-16-25-29-21(24-15-18-8-11-27(3)17(2)13-18)14-22(26-23(19)29)28-10-6-5-7-20(28)9-12-30/h8,11,13-14,16,20,24,30H,2,4-7,9-10,12,15H2,1,3H3/t20-/m0/s1. The number of rotatable bonds is 7. The van der Waals surface area contributed by atoms with Crippen LogP contribution in [0.1, 0.15) is 38.2 Å². The molecule has 0 amide bonds. The summed E-state index contributed by atoms with van der Waals surface area (Å²) in [5, 5.41) is 17.7. The molecule has 2 aromatic rings. The van der Waals surface area contributed by atoms with Crippen molar-refractivity contribution >= 4 is 17.3 Å². The predicted molar refractivity (Wildman–Crippen MR) is 122 cm³/mol. The highest BCUT2D eigenvalue weighted by Gasteiger charge is 2.25. The van der Waals surface area contributed by atoms with Gasteiger partial charge in [-0.05, 0) is 49.8 Å². The van der Waals surface area contributed by atoms with Crippen molar-refractivity contribution in [3.8, 4) is 0 Å². The molecule has 7 heteroatoms. The third-order valence-electron chi connectivity index (χ3n) is 6.09. The number of nitrogens with one attached hydrogen (secondary N) is 1. The van der Waals surface area contributed by atoms with Crippen molar-refractivity contribution in [1.82, 2.24) is 19.5 Å². The van der Waals surface area contributed by atoms with Crippen LogP contribution in [0.3, 0.4) is 0 Å². The predicted octanol–water partition coefficient (Wildman–Crippen LogP) is 3.34. The van der Waals surface area contributed by atoms with Gasteiger partial charge in [0.1, 0.15) is 11.6 Å². The Morgan fingerprint density at radius 2 is 2.20 bits per heavy atom. The van der Waals surface area contributed by atoms with Gasteiger partial charge in [0.05, 0.1) is 6.20 Å². The second-order valence-corrected chi connectivity index (χ2v) is 8.10. The van der Waals surface area contributed by atoms with Crippen LogP contribution in [0.2, 0.25) is 0 Å². The van der Waals surface area contributed by atoms with Gasteiger partial charge in [0.15, 0.2) is 5.65 Å². The van der Waals surface area contributed by atoms with E-state index in [2.05, 4.69) is 47.0 Å². The molecule has 1 atom stereocenters. The Morgan fingerprint density at radius 1 is 1.33 bits per heavy atom. The molecule has 0 radical (unpaired) electrons. The second kappa shape index (κ2) is 8.92. The van der Waals surface area contributed by atoms with Crippen molar-refractivity contribution in [2.24, 2.45) is 0 Å². The number of likely N-dealkylation sites (N-methyl/N-ethyl adjacent to an activating group) is 1. The molecule has 7 nitrogen and oxygen atoms in total. The van der Waals surface area contributed by atoms with Gasteiger partial charge in [-0.3, -0.25) is 0 Å². The Balaban J connectivity index is 1.66. The molecule has 0 bridgehead atoms. The molecule has 2 aliphatic rings. The average molecular weight is 409 g/mol. The normalized spacial score (nSPS) is 19.5. The van der Waals surface area contributed by atoms with Crippen LogP contribution in [-0.2, 0) is 6.42 Å². The first-order valence-electron chi connectivity index (χ1n) is 10.9. The van der Waals surface area contributed by atoms with Crippen LogP contribution in [-0.4, -0.2) is 57.4 Å². The lowest BCUT2D eigenvalue weighted by Gasteiger charge is -2.36. The molecule has 0 aromatic carbocycles. The Labute approximate surface area is 178 Å². The fraction of sp³-hybridized carbons (Fsp3) is 0.478. The smallest absolute Gasteiger partial charge is 0.162 e. The molecule has 4 rings (SSSR count). The number of nitrogens with zero attached hydrogens (tertiary/aromatic N) is 5. The Hall–Kier alpha value is -2.80. The third kappa shape index (κ3) is 4.07. The number of anilines is 2. The maximum atomic E-state index is 9.53. The highest BCUT2D eigenvalue weighted by Crippen LogP contribution is 2.29. The molecule has 160 valence electrons. The van der Waals surface area contributed by atoms with Crippen molar-refractivity contribution in [3.05, 3.63) is 54.0 Å². The number of aromatic nitrogens is 3. The van der Waals surface area contributed by atoms with Gasteiger partial charge in [0.2, 0.25) is 0 Å². The number of allylic oxidation sites excluding steroid dienone is 1. The number of fused-ring (bicyclic) bond motifs is 1. The minimum atomic E-state index is 0.209. The largest absolute Gasteiger partial charge is 0.396 e. The molecule has 0 unspecified atom stereocenters. The summed E-state index contributed by atoms with van der Waals surface area (Å²) in [4.78, 5) is 9.37. The van der Waals surface area contributed by atoms with E-state index in [9.17, 15) is 5.11 Å². The van der Waals surface area contributed by atoms with E-state index in [0.717, 1.165) is 60.8 Å². The zero-order valence-corrected chi connectivity index (χ0v) is 18.0. The first-order valence-corrected chi connectivity index (χ1v) is 10.9. The highest BCUT2D eigenvalue weighted by atomic mass is 16.3. The summed E-state index contributed by atoms with van der Waals surface area (Å²) in [6.07, 6.45) is 13.3. The summed E-state index contributed by atoms with van der Waals surface area (Å²) in [5.41, 5.74) is 4.19. The SMILES string of the molecule is C=C1C=C(CNc2cc(N3CCCC[C@H]3CCO)nc3c(CC)cnn23)C=CN1C. The summed E-state index contributed by atoms with van der Waals surface area (Å²) in [6.45, 7) is 8.08. The Morgan fingerprint density at radius 3 is 2.97 bits per heavy atom. The quantitative estimate of drug-likeness (QED) is 0.732. The highest BCUT2D eigenvalue weighted by molar-refractivity contribution is 5.62. The van der Waals surface area contributed by atoms with Gasteiger partial charge in [-0.25, -0.2) is 4.98 Å². The molecule has 2 N–H and O–H groups in total. The first kappa shape index (κ1) is 20.5. The molecule has 2 aliphatic heterocycles. The monoisotopic (exact) mass is 408 g/mol. The fourth-order valence-corrected chi connectivity index (χ4v) is 4.24. The van der Waals surface area contributed by atoms with Crippen molar-refractivity contribution in [2.45, 2.75) is 45.1 Å². The van der Waals surface area contributed by atoms with Crippen LogP contribution in [0.15, 0.2) is 48.5 Å². The molecule has 4 heterocycles. The van der Waals surface area contributed by atoms with Gasteiger partial charge in [0, 0.05) is 56.3 Å². The maximum Gasteiger partial charge on any atom is 0.162 e. The first-order chi connectivity index (χ1) is 14.6. The molecular formula is C23H32N6O. The minimum Gasteiger partial charge on any atom is -0.396 e. The van der Waals surface area contributed by atoms with E-state index in [4.69, 9.17) is 4.98 Å². The second-order valence-electron chi connectivity index (χ2n) is 8.10. The lowest BCUT2D eigenvalue weighted by molar-refractivity contribution is 0.262. The van der Waals surface area contributed by atoms with Gasteiger partial charge in [-0.15, -0.1) is 0 Å². The number of piperidine rings is 1. The van der Waals surface area contributed by atoms with Gasteiger partial charge in [0.25, 0.3) is 0 Å². The van der Waals surface area contributed by atoms with E-state index in [-0.39, 0.29) is 6.61 Å². The van der Waals surface area contributed by atoms with Gasteiger partial charge < -0.3 is 20.2 Å². The van der Waals surface area contributed by atoms with Gasteiger partial charge >= 0.3 is 0 Å². The number of aliphatic hydroxyl groups excluding tert-OH is 1. The molecule has 2 aromatic heterocycles. The third-order valence-corrected chi connectivity index (χ3v) is 6.09. The molecule has 0 aliphatic carbocycles. The topological polar surface area (TPSA) is 68.9 Å². The van der Waals surface area contributed by atoms with E-state index in [1.807, 2.05) is 28.9 Å². The number of aryl methyl sites for hydroxylation is 1. The number of aliphatic hydroxyl groups is 1. The molecule has 0 spiro atoms. The van der Waals surface area contributed by atoms with Crippen molar-refractivity contribution in [2.75, 3.05) is 37.0 Å². The van der Waals surface area contributed by atoms with Crippen LogP contribution in [0.25, 0.3) is 5.65 Å². The van der Waals surface area contributed by atoms with E-state index in [0.29, 0.717) is 12.6 Å². The maximum absolute atomic E-state index is 9.53. The summed E-state index contributed by atoms with van der Waals surface area (Å²) in [5.74, 6) is 1.90. The fourth-order valence-electron chi connectivity index (χ4n) is 4.24. The summed E-state index contributed by atoms with van der Waals surface area (Å²) >= 11 is 0. The van der Waals surface area contributed by atoms with E-state index >= 15 is 0 Å². The van der Waals surface area contributed by atoms with Crippen LogP contribution in [0, 0.1) is 0 Å². The van der Waals surface area contributed by atoms with E-state index in [1.54, 1.807) is 0 Å². The summed E-state index contributed by atoms with van der Waals surface area (Å²) in [6, 6.07) is 2.44. The molecular weight excluding hydrogens is 376 g/mol. The zero-order chi connectivity index (χ0) is 21.1. The number of hydrogen-bond donors (Lipinski definition) is 2. The lowest BCUT2D eigenvalue weighted by Crippen LogP contribution is -2.40. The Kier molecular flexibility index (Phi) is 6.08. The lowest BCUT2D eigenvalue weighted by atomic mass is 9.99.